The van der Waals surface area contributed by atoms with E-state index in [1.165, 1.54) is 19.3 Å². The molecule has 7 rings (SSSR count). The van der Waals surface area contributed by atoms with E-state index in [4.69, 9.17) is 25.8 Å². The number of thiophene rings is 1. The van der Waals surface area contributed by atoms with Crippen molar-refractivity contribution in [3.8, 4) is 27.7 Å². The van der Waals surface area contributed by atoms with Crippen molar-refractivity contribution < 1.29 is 23.8 Å². The summed E-state index contributed by atoms with van der Waals surface area (Å²) in [4.78, 5) is 28.8. The number of fused-ring (bicyclic) bond motifs is 1. The molecule has 1 saturated heterocycles. The molecule has 0 aliphatic carbocycles. The van der Waals surface area contributed by atoms with Gasteiger partial charge in [-0.05, 0) is 180 Å². The highest BCUT2D eigenvalue weighted by atomic mass is 127. The Morgan fingerprint density at radius 3 is 2.00 bits per heavy atom. The molecule has 11 heteroatoms. The summed E-state index contributed by atoms with van der Waals surface area (Å²) in [5, 5.41) is 7.15. The second-order valence-electron chi connectivity index (χ2n) is 12.7. The summed E-state index contributed by atoms with van der Waals surface area (Å²) in [6, 6.07) is 35.8. The van der Waals surface area contributed by atoms with E-state index in [9.17, 15) is 9.59 Å². The maximum Gasteiger partial charge on any atom is 0.417 e. The zero-order valence-electron chi connectivity index (χ0n) is 28.8. The van der Waals surface area contributed by atoms with Gasteiger partial charge in [0.25, 0.3) is 0 Å². The zero-order valence-corrected chi connectivity index (χ0v) is 32.5. The fraction of sp³-hybridized carbons (Fsp3) is 0.190. The van der Waals surface area contributed by atoms with E-state index in [0.29, 0.717) is 40.9 Å². The Morgan fingerprint density at radius 1 is 0.717 bits per heavy atom. The number of rotatable bonds is 11. The summed E-state index contributed by atoms with van der Waals surface area (Å²) in [6.45, 7) is 3.93. The topological polar surface area (TPSA) is 89.1 Å². The van der Waals surface area contributed by atoms with Crippen molar-refractivity contribution in [2.75, 3.05) is 36.9 Å². The number of likely N-dealkylation sites (tertiary alicyclic amines) is 1. The van der Waals surface area contributed by atoms with Gasteiger partial charge in [0.1, 0.15) is 23.9 Å². The van der Waals surface area contributed by atoms with Gasteiger partial charge in [0.2, 0.25) is 0 Å². The second-order valence-corrected chi connectivity index (χ2v) is 15.4. The van der Waals surface area contributed by atoms with Crippen LogP contribution < -0.4 is 24.8 Å². The molecule has 1 fully saturated rings. The van der Waals surface area contributed by atoms with Gasteiger partial charge in [-0.1, -0.05) is 30.2 Å². The SMILES string of the molecule is O=C(Nc1ccc(Cl)cc1)Oc1ccc(-c2sc3cc(OC(=O)Nc4ccc(I)cc4)ccc3c2Cc2ccc(OCCN3CCCCC3)cc2)cc1. The molecule has 1 aromatic heterocycles. The molecule has 0 unspecified atom stereocenters. The van der Waals surface area contributed by atoms with Gasteiger partial charge in [-0.15, -0.1) is 11.3 Å². The van der Waals surface area contributed by atoms with Crippen LogP contribution in [0.3, 0.4) is 0 Å². The zero-order chi connectivity index (χ0) is 36.6. The van der Waals surface area contributed by atoms with Crippen LogP contribution in [0.2, 0.25) is 5.02 Å². The van der Waals surface area contributed by atoms with E-state index in [1.54, 1.807) is 47.7 Å². The van der Waals surface area contributed by atoms with Gasteiger partial charge in [0.05, 0.1) is 0 Å². The molecule has 0 saturated carbocycles. The normalized spacial score (nSPS) is 13.0. The van der Waals surface area contributed by atoms with Crippen LogP contribution in [-0.4, -0.2) is 43.3 Å². The lowest BCUT2D eigenvalue weighted by molar-refractivity contribution is 0.183. The van der Waals surface area contributed by atoms with Crippen LogP contribution in [0.4, 0.5) is 21.0 Å². The number of carbonyl (C=O) groups is 2. The van der Waals surface area contributed by atoms with Crippen molar-refractivity contribution in [3.63, 3.8) is 0 Å². The van der Waals surface area contributed by atoms with Crippen molar-refractivity contribution in [1.29, 1.82) is 0 Å². The first-order chi connectivity index (χ1) is 25.8. The van der Waals surface area contributed by atoms with Crippen LogP contribution in [-0.2, 0) is 6.42 Å². The number of benzene rings is 5. The van der Waals surface area contributed by atoms with Gasteiger partial charge in [0, 0.05) is 36.1 Å². The van der Waals surface area contributed by atoms with E-state index in [1.807, 2.05) is 66.7 Å². The van der Waals surface area contributed by atoms with Gasteiger partial charge in [0.15, 0.2) is 0 Å². The number of hydrogen-bond acceptors (Lipinski definition) is 7. The van der Waals surface area contributed by atoms with Crippen molar-refractivity contribution in [1.82, 2.24) is 4.90 Å². The highest BCUT2D eigenvalue weighted by Crippen LogP contribution is 2.42. The van der Waals surface area contributed by atoms with E-state index in [-0.39, 0.29) is 0 Å². The first kappa shape index (κ1) is 36.7. The Balaban J connectivity index is 1.09. The number of nitrogens with zero attached hydrogens (tertiary/aromatic N) is 1. The largest absolute Gasteiger partial charge is 0.492 e. The minimum absolute atomic E-state index is 0.411. The fourth-order valence-electron chi connectivity index (χ4n) is 6.23. The van der Waals surface area contributed by atoms with E-state index in [2.05, 4.69) is 50.3 Å². The molecule has 1 aliphatic heterocycles. The molecule has 2 heterocycles. The van der Waals surface area contributed by atoms with Crippen molar-refractivity contribution in [2.45, 2.75) is 25.7 Å². The third-order valence-corrected chi connectivity index (χ3v) is 11.1. The Labute approximate surface area is 331 Å². The van der Waals surface area contributed by atoms with Crippen LogP contribution in [0.1, 0.15) is 30.4 Å². The van der Waals surface area contributed by atoms with E-state index < -0.39 is 12.2 Å². The molecule has 0 spiro atoms. The highest BCUT2D eigenvalue weighted by Gasteiger charge is 2.18. The van der Waals surface area contributed by atoms with E-state index in [0.717, 1.165) is 60.6 Å². The summed E-state index contributed by atoms with van der Waals surface area (Å²) >= 11 is 9.80. The molecule has 0 atom stereocenters. The first-order valence-electron chi connectivity index (χ1n) is 17.4. The van der Waals surface area contributed by atoms with Gasteiger partial charge in [-0.2, -0.15) is 0 Å². The molecular formula is C42H37ClIN3O5S. The maximum absolute atomic E-state index is 12.7. The molecule has 2 N–H and O–H groups in total. The average Bonchev–Trinajstić information content (AvgIpc) is 3.52. The van der Waals surface area contributed by atoms with Crippen molar-refractivity contribution in [3.05, 3.63) is 135 Å². The lowest BCUT2D eigenvalue weighted by Crippen LogP contribution is -2.33. The van der Waals surface area contributed by atoms with Crippen LogP contribution >= 0.6 is 45.5 Å². The Morgan fingerprint density at radius 2 is 1.32 bits per heavy atom. The monoisotopic (exact) mass is 857 g/mol. The standard InChI is InChI=1S/C42H37ClIN3O5S/c43-30-8-12-32(13-9-30)45-41(48)51-35-18-6-29(7-19-35)40-38(26-28-4-16-34(17-5-28)50-25-24-47-22-2-1-3-23-47)37-21-20-36(27-39(37)53-40)52-42(49)46-33-14-10-31(44)11-15-33/h4-21,27H,1-3,22-26H2,(H,45,48)(H,46,49). The van der Waals surface area contributed by atoms with Crippen molar-refractivity contribution >= 4 is 79.2 Å². The quantitative estimate of drug-likeness (QED) is 0.126. The van der Waals surface area contributed by atoms with Crippen LogP contribution in [0.5, 0.6) is 17.2 Å². The third-order valence-electron chi connectivity index (χ3n) is 8.91. The average molecular weight is 858 g/mol. The minimum atomic E-state index is -0.597. The maximum atomic E-state index is 12.7. The number of nitrogens with one attached hydrogen (secondary N) is 2. The van der Waals surface area contributed by atoms with Crippen LogP contribution in [0, 0.1) is 3.57 Å². The lowest BCUT2D eigenvalue weighted by Gasteiger charge is -2.26. The molecule has 5 aromatic carbocycles. The summed E-state index contributed by atoms with van der Waals surface area (Å²) in [6.07, 6.45) is 3.39. The summed E-state index contributed by atoms with van der Waals surface area (Å²) < 4.78 is 19.4. The molecule has 2 amide bonds. The van der Waals surface area contributed by atoms with Crippen LogP contribution in [0.15, 0.2) is 115 Å². The first-order valence-corrected chi connectivity index (χ1v) is 19.7. The molecule has 53 heavy (non-hydrogen) atoms. The molecular weight excluding hydrogens is 821 g/mol. The number of anilines is 2. The van der Waals surface area contributed by atoms with E-state index >= 15 is 0 Å². The highest BCUT2D eigenvalue weighted by molar-refractivity contribution is 14.1. The minimum Gasteiger partial charge on any atom is -0.492 e. The molecule has 0 radical (unpaired) electrons. The summed E-state index contributed by atoms with van der Waals surface area (Å²) in [5.41, 5.74) is 4.51. The van der Waals surface area contributed by atoms with Gasteiger partial charge in [-0.3, -0.25) is 15.5 Å². The van der Waals surface area contributed by atoms with Crippen molar-refractivity contribution in [2.24, 2.45) is 0 Å². The molecule has 0 bridgehead atoms. The smallest absolute Gasteiger partial charge is 0.417 e. The number of carbonyl (C=O) groups excluding carboxylic acids is 2. The Bertz CT molecular complexity index is 2170. The number of piperidine rings is 1. The molecule has 6 aromatic rings. The van der Waals surface area contributed by atoms with Gasteiger partial charge in [-0.25, -0.2) is 9.59 Å². The predicted octanol–water partition coefficient (Wildman–Crippen LogP) is 11.5. The number of halogens is 2. The molecule has 8 nitrogen and oxygen atoms in total. The van der Waals surface area contributed by atoms with Gasteiger partial charge < -0.3 is 14.2 Å². The fourth-order valence-corrected chi connectivity index (χ4v) is 7.97. The number of ether oxygens (including phenoxy) is 3. The Kier molecular flexibility index (Phi) is 12.1. The summed E-state index contributed by atoms with van der Waals surface area (Å²) in [7, 11) is 0. The van der Waals surface area contributed by atoms with Gasteiger partial charge >= 0.3 is 12.2 Å². The van der Waals surface area contributed by atoms with Crippen LogP contribution in [0.25, 0.3) is 20.5 Å². The molecule has 270 valence electrons. The molecule has 1 aliphatic rings. The lowest BCUT2D eigenvalue weighted by atomic mass is 9.99. The Hall–Kier alpha value is -4.62. The number of amides is 2. The summed E-state index contributed by atoms with van der Waals surface area (Å²) in [5.74, 6) is 1.72. The predicted molar refractivity (Wildman–Crippen MR) is 222 cm³/mol. The second kappa shape index (κ2) is 17.5. The third kappa shape index (κ3) is 10.1. The number of hydrogen-bond donors (Lipinski definition) is 2.